The Bertz CT molecular complexity index is 123. The molecule has 0 rings (SSSR count). The molecule has 0 heterocycles. The summed E-state index contributed by atoms with van der Waals surface area (Å²) < 4.78 is 0. The molecule has 0 aromatic carbocycles. The first-order chi connectivity index (χ1) is 7.20. The summed E-state index contributed by atoms with van der Waals surface area (Å²) in [5.41, 5.74) is 0. The largest absolute Gasteiger partial charge is 0.306 e. The van der Waals surface area contributed by atoms with Crippen molar-refractivity contribution in [1.29, 1.82) is 0 Å². The molecule has 0 aromatic rings. The Hall–Kier alpha value is -0.0400. The van der Waals surface area contributed by atoms with Gasteiger partial charge < -0.3 is 4.90 Å². The lowest BCUT2D eigenvalue weighted by molar-refractivity contribution is 0.316. The van der Waals surface area contributed by atoms with Crippen LogP contribution in [-0.4, -0.2) is 25.0 Å². The van der Waals surface area contributed by atoms with Gasteiger partial charge in [0.1, 0.15) is 0 Å². The molecule has 0 N–H and O–H groups in total. The van der Waals surface area contributed by atoms with Crippen LogP contribution in [0.2, 0.25) is 0 Å². The second kappa shape index (κ2) is 10.5. The van der Waals surface area contributed by atoms with E-state index in [0.29, 0.717) is 0 Å². The highest BCUT2D eigenvalue weighted by Gasteiger charge is 2.00. The molecule has 0 fully saturated rings. The van der Waals surface area contributed by atoms with Gasteiger partial charge in [-0.2, -0.15) is 0 Å². The third-order valence-corrected chi connectivity index (χ3v) is 3.33. The fourth-order valence-corrected chi connectivity index (χ4v) is 1.80. The predicted molar refractivity (Wildman–Crippen MR) is 70.3 cm³/mol. The monoisotopic (exact) mass is 213 g/mol. The van der Waals surface area contributed by atoms with E-state index in [9.17, 15) is 0 Å². The van der Waals surface area contributed by atoms with Crippen LogP contribution in [0, 0.1) is 5.92 Å². The molecule has 0 spiro atoms. The molecule has 0 aliphatic heterocycles. The second-order valence-electron chi connectivity index (χ2n) is 5.02. The van der Waals surface area contributed by atoms with Crippen molar-refractivity contribution in [2.75, 3.05) is 20.1 Å². The number of unbranched alkanes of at least 4 members (excludes halogenated alkanes) is 3. The van der Waals surface area contributed by atoms with E-state index < -0.39 is 0 Å². The van der Waals surface area contributed by atoms with Crippen LogP contribution in [0.3, 0.4) is 0 Å². The van der Waals surface area contributed by atoms with Gasteiger partial charge in [0.2, 0.25) is 0 Å². The third-order valence-electron chi connectivity index (χ3n) is 3.33. The van der Waals surface area contributed by atoms with Crippen LogP contribution in [-0.2, 0) is 0 Å². The van der Waals surface area contributed by atoms with E-state index in [2.05, 4.69) is 32.7 Å². The van der Waals surface area contributed by atoms with E-state index in [1.165, 1.54) is 58.0 Å². The lowest BCUT2D eigenvalue weighted by Gasteiger charge is -2.16. The zero-order valence-corrected chi connectivity index (χ0v) is 11.4. The van der Waals surface area contributed by atoms with E-state index in [4.69, 9.17) is 0 Å². The zero-order chi connectivity index (χ0) is 11.5. The van der Waals surface area contributed by atoms with Crippen molar-refractivity contribution in [3.8, 4) is 0 Å². The van der Waals surface area contributed by atoms with E-state index in [-0.39, 0.29) is 0 Å². The number of hydrogen-bond donors (Lipinski definition) is 0. The Kier molecular flexibility index (Phi) is 10.4. The first-order valence-corrected chi connectivity index (χ1v) is 6.89. The van der Waals surface area contributed by atoms with Crippen molar-refractivity contribution in [1.82, 2.24) is 4.90 Å². The molecule has 1 nitrogen and oxygen atoms in total. The van der Waals surface area contributed by atoms with Crippen molar-refractivity contribution in [3.63, 3.8) is 0 Å². The highest BCUT2D eigenvalue weighted by Crippen LogP contribution is 2.12. The molecule has 1 atom stereocenters. The highest BCUT2D eigenvalue weighted by atomic mass is 15.1. The topological polar surface area (TPSA) is 3.24 Å². The predicted octanol–water partition coefficient (Wildman–Crippen LogP) is 4.32. The highest BCUT2D eigenvalue weighted by molar-refractivity contribution is 4.54. The molecule has 0 aliphatic carbocycles. The van der Waals surface area contributed by atoms with Crippen molar-refractivity contribution in [2.24, 2.45) is 5.92 Å². The smallest absolute Gasteiger partial charge is 0.00218 e. The first kappa shape index (κ1) is 15.0. The van der Waals surface area contributed by atoms with Crippen LogP contribution in [0.15, 0.2) is 0 Å². The maximum atomic E-state index is 2.48. The Morgan fingerprint density at radius 1 is 0.933 bits per heavy atom. The molecule has 1 heteroatoms. The summed E-state index contributed by atoms with van der Waals surface area (Å²) in [6.07, 6.45) is 9.67. The number of nitrogens with zero attached hydrogens (tertiary/aromatic N) is 1. The van der Waals surface area contributed by atoms with Crippen LogP contribution < -0.4 is 0 Å². The SMILES string of the molecule is CCCCN(C)CCCCCC(C)CC. The van der Waals surface area contributed by atoms with E-state index in [1.54, 1.807) is 0 Å². The number of rotatable bonds is 10. The molecular formula is C14H31N. The summed E-state index contributed by atoms with van der Waals surface area (Å²) in [5, 5.41) is 0. The molecule has 0 saturated carbocycles. The minimum Gasteiger partial charge on any atom is -0.306 e. The average molecular weight is 213 g/mol. The zero-order valence-electron chi connectivity index (χ0n) is 11.4. The van der Waals surface area contributed by atoms with Gasteiger partial charge in [-0.25, -0.2) is 0 Å². The third kappa shape index (κ3) is 10.2. The summed E-state index contributed by atoms with van der Waals surface area (Å²) >= 11 is 0. The van der Waals surface area contributed by atoms with Gasteiger partial charge in [-0.1, -0.05) is 52.9 Å². The van der Waals surface area contributed by atoms with Gasteiger partial charge >= 0.3 is 0 Å². The Balaban J connectivity index is 3.16. The van der Waals surface area contributed by atoms with Crippen LogP contribution in [0.5, 0.6) is 0 Å². The minimum atomic E-state index is 0.933. The summed E-state index contributed by atoms with van der Waals surface area (Å²) in [6, 6.07) is 0. The summed E-state index contributed by atoms with van der Waals surface area (Å²) in [6.45, 7) is 9.50. The van der Waals surface area contributed by atoms with Crippen molar-refractivity contribution in [2.45, 2.75) is 65.7 Å². The van der Waals surface area contributed by atoms with Crippen LogP contribution in [0.1, 0.15) is 65.7 Å². The lowest BCUT2D eigenvalue weighted by atomic mass is 10.0. The fourth-order valence-electron chi connectivity index (χ4n) is 1.80. The van der Waals surface area contributed by atoms with Gasteiger partial charge in [0, 0.05) is 0 Å². The van der Waals surface area contributed by atoms with Crippen molar-refractivity contribution >= 4 is 0 Å². The fraction of sp³-hybridized carbons (Fsp3) is 1.00. The maximum Gasteiger partial charge on any atom is -0.00218 e. The lowest BCUT2D eigenvalue weighted by Crippen LogP contribution is -2.20. The van der Waals surface area contributed by atoms with Gasteiger partial charge in [0.25, 0.3) is 0 Å². The quantitative estimate of drug-likeness (QED) is 0.488. The van der Waals surface area contributed by atoms with E-state index >= 15 is 0 Å². The Labute approximate surface area is 97.2 Å². The maximum absolute atomic E-state index is 2.48. The Morgan fingerprint density at radius 3 is 2.20 bits per heavy atom. The summed E-state index contributed by atoms with van der Waals surface area (Å²) in [4.78, 5) is 2.48. The van der Waals surface area contributed by atoms with Gasteiger partial charge in [-0.05, 0) is 38.9 Å². The molecule has 0 saturated heterocycles. The van der Waals surface area contributed by atoms with E-state index in [0.717, 1.165) is 5.92 Å². The molecule has 0 bridgehead atoms. The summed E-state index contributed by atoms with van der Waals surface area (Å²) in [5.74, 6) is 0.933. The second-order valence-corrected chi connectivity index (χ2v) is 5.02. The normalized spacial score (nSPS) is 13.4. The van der Waals surface area contributed by atoms with Crippen molar-refractivity contribution in [3.05, 3.63) is 0 Å². The van der Waals surface area contributed by atoms with Crippen molar-refractivity contribution < 1.29 is 0 Å². The molecular weight excluding hydrogens is 182 g/mol. The van der Waals surface area contributed by atoms with Crippen LogP contribution in [0.4, 0.5) is 0 Å². The Morgan fingerprint density at radius 2 is 1.60 bits per heavy atom. The average Bonchev–Trinajstić information content (AvgIpc) is 2.25. The number of hydrogen-bond acceptors (Lipinski definition) is 1. The standard InChI is InChI=1S/C14H31N/c1-5-7-12-15(4)13-10-8-9-11-14(3)6-2/h14H,5-13H2,1-4H3. The molecule has 0 aliphatic rings. The molecule has 15 heavy (non-hydrogen) atoms. The molecule has 0 radical (unpaired) electrons. The molecule has 0 aromatic heterocycles. The van der Waals surface area contributed by atoms with Gasteiger partial charge in [-0.3, -0.25) is 0 Å². The summed E-state index contributed by atoms with van der Waals surface area (Å²) in [7, 11) is 2.25. The van der Waals surface area contributed by atoms with Gasteiger partial charge in [-0.15, -0.1) is 0 Å². The van der Waals surface area contributed by atoms with Gasteiger partial charge in [0.05, 0.1) is 0 Å². The van der Waals surface area contributed by atoms with E-state index in [1.807, 2.05) is 0 Å². The van der Waals surface area contributed by atoms with Crippen LogP contribution >= 0.6 is 0 Å². The molecule has 0 amide bonds. The minimum absolute atomic E-state index is 0.933. The van der Waals surface area contributed by atoms with Gasteiger partial charge in [0.15, 0.2) is 0 Å². The first-order valence-electron chi connectivity index (χ1n) is 6.89. The molecule has 92 valence electrons. The molecule has 1 unspecified atom stereocenters. The van der Waals surface area contributed by atoms with Crippen LogP contribution in [0.25, 0.3) is 0 Å².